The Kier molecular flexibility index (Phi) is 5.13. The fourth-order valence-corrected chi connectivity index (χ4v) is 3.09. The third-order valence-electron chi connectivity index (χ3n) is 4.27. The molecule has 1 amide bonds. The summed E-state index contributed by atoms with van der Waals surface area (Å²) in [6, 6.07) is 6.43. The predicted octanol–water partition coefficient (Wildman–Crippen LogP) is 2.46. The maximum Gasteiger partial charge on any atom is 0.227 e. The highest BCUT2D eigenvalue weighted by molar-refractivity contribution is 7.90. The zero-order valence-corrected chi connectivity index (χ0v) is 15.3. The van der Waals surface area contributed by atoms with Crippen molar-refractivity contribution < 1.29 is 17.7 Å². The number of hydrogen-bond donors (Lipinski definition) is 0. The molecule has 2 rings (SSSR count). The Bertz CT molecular complexity index is 818. The van der Waals surface area contributed by atoms with Crippen LogP contribution >= 0.6 is 0 Å². The molecule has 0 aliphatic heterocycles. The smallest absolute Gasteiger partial charge is 0.227 e. The molecule has 0 N–H and O–H groups in total. The lowest BCUT2D eigenvalue weighted by Gasteiger charge is -2.25. The molecule has 1 aromatic carbocycles. The predicted molar refractivity (Wildman–Crippen MR) is 90.4 cm³/mol. The van der Waals surface area contributed by atoms with Crippen molar-refractivity contribution in [2.45, 2.75) is 38.1 Å². The molecule has 0 aliphatic carbocycles. The van der Waals surface area contributed by atoms with Gasteiger partial charge in [0.05, 0.1) is 23.1 Å². The van der Waals surface area contributed by atoms with Crippen LogP contribution in [0.1, 0.15) is 35.5 Å². The van der Waals surface area contributed by atoms with Crippen LogP contribution < -0.4 is 0 Å². The molecule has 0 saturated carbocycles. The van der Waals surface area contributed by atoms with Crippen LogP contribution in [0.3, 0.4) is 0 Å². The first-order chi connectivity index (χ1) is 11.1. The molecule has 0 radical (unpaired) electrons. The Morgan fingerprint density at radius 1 is 1.25 bits per heavy atom. The number of carbonyl (C=O) groups excluding carboxylic acids is 1. The number of nitrogens with zero attached hydrogens (tertiary/aromatic N) is 2. The maximum atomic E-state index is 12.5. The van der Waals surface area contributed by atoms with Crippen molar-refractivity contribution in [2.24, 2.45) is 0 Å². The van der Waals surface area contributed by atoms with Crippen molar-refractivity contribution in [1.82, 2.24) is 10.1 Å². The minimum absolute atomic E-state index is 0.0518. The van der Waals surface area contributed by atoms with Gasteiger partial charge < -0.3 is 9.42 Å². The molecular weight excluding hydrogens is 328 g/mol. The van der Waals surface area contributed by atoms with Gasteiger partial charge in [0.15, 0.2) is 9.84 Å². The summed E-state index contributed by atoms with van der Waals surface area (Å²) in [5.41, 5.74) is 2.41. The van der Waals surface area contributed by atoms with Crippen LogP contribution in [-0.4, -0.2) is 37.7 Å². The van der Waals surface area contributed by atoms with Crippen LogP contribution in [0.2, 0.25) is 0 Å². The summed E-state index contributed by atoms with van der Waals surface area (Å²) in [7, 11) is -1.49. The van der Waals surface area contributed by atoms with E-state index in [2.05, 4.69) is 5.16 Å². The van der Waals surface area contributed by atoms with Crippen LogP contribution in [0.4, 0.5) is 0 Å². The van der Waals surface area contributed by atoms with Crippen LogP contribution in [0, 0.1) is 13.8 Å². The van der Waals surface area contributed by atoms with E-state index in [0.717, 1.165) is 16.8 Å². The van der Waals surface area contributed by atoms with E-state index in [0.29, 0.717) is 5.76 Å². The Hall–Kier alpha value is -2.15. The topological polar surface area (TPSA) is 80.5 Å². The third-order valence-corrected chi connectivity index (χ3v) is 5.40. The van der Waals surface area contributed by atoms with E-state index in [1.54, 1.807) is 43.1 Å². The van der Waals surface area contributed by atoms with E-state index < -0.39 is 9.84 Å². The first-order valence-electron chi connectivity index (χ1n) is 7.58. The van der Waals surface area contributed by atoms with Crippen LogP contribution in [0.25, 0.3) is 0 Å². The quantitative estimate of drug-likeness (QED) is 0.827. The number of amides is 1. The Morgan fingerprint density at radius 3 is 2.29 bits per heavy atom. The minimum atomic E-state index is -3.22. The Balaban J connectivity index is 2.14. The number of aryl methyl sites for hydroxylation is 2. The van der Waals surface area contributed by atoms with Gasteiger partial charge in [0.25, 0.3) is 0 Å². The SMILES string of the molecule is Cc1noc(C)c1CC(=O)N(C)C(C)c1ccc(S(C)(=O)=O)cc1. The van der Waals surface area contributed by atoms with E-state index in [1.807, 2.05) is 13.8 Å². The summed E-state index contributed by atoms with van der Waals surface area (Å²) in [5.74, 6) is 0.600. The average molecular weight is 350 g/mol. The van der Waals surface area contributed by atoms with Crippen molar-refractivity contribution >= 4 is 15.7 Å². The van der Waals surface area contributed by atoms with Crippen molar-refractivity contribution in [3.8, 4) is 0 Å². The van der Waals surface area contributed by atoms with Gasteiger partial charge >= 0.3 is 0 Å². The highest BCUT2D eigenvalue weighted by Crippen LogP contribution is 2.22. The fraction of sp³-hybridized carbons (Fsp3) is 0.412. The number of sulfone groups is 1. The standard InChI is InChI=1S/C17H22N2O4S/c1-11-16(13(3)23-18-11)10-17(20)19(4)12(2)14-6-8-15(9-7-14)24(5,21)22/h6-9,12H,10H2,1-5H3. The van der Waals surface area contributed by atoms with E-state index in [9.17, 15) is 13.2 Å². The van der Waals surface area contributed by atoms with Gasteiger partial charge in [-0.25, -0.2) is 8.42 Å². The van der Waals surface area contributed by atoms with Crippen LogP contribution in [0.15, 0.2) is 33.7 Å². The first-order valence-corrected chi connectivity index (χ1v) is 9.48. The van der Waals surface area contributed by atoms with Gasteiger partial charge in [-0.1, -0.05) is 17.3 Å². The molecular formula is C17H22N2O4S. The molecule has 0 saturated heterocycles. The molecule has 2 aromatic rings. The fourth-order valence-electron chi connectivity index (χ4n) is 2.46. The number of rotatable bonds is 5. The van der Waals surface area contributed by atoms with Gasteiger partial charge in [0.2, 0.25) is 5.91 Å². The van der Waals surface area contributed by atoms with Crippen molar-refractivity contribution in [3.63, 3.8) is 0 Å². The van der Waals surface area contributed by atoms with E-state index in [4.69, 9.17) is 4.52 Å². The molecule has 130 valence electrons. The molecule has 1 aromatic heterocycles. The first kappa shape index (κ1) is 18.2. The van der Waals surface area contributed by atoms with Gasteiger partial charge in [-0.3, -0.25) is 4.79 Å². The summed E-state index contributed by atoms with van der Waals surface area (Å²) in [6.07, 6.45) is 1.40. The average Bonchev–Trinajstić information content (AvgIpc) is 2.84. The normalized spacial score (nSPS) is 12.9. The van der Waals surface area contributed by atoms with Gasteiger partial charge in [-0.15, -0.1) is 0 Å². The summed E-state index contributed by atoms with van der Waals surface area (Å²) >= 11 is 0. The minimum Gasteiger partial charge on any atom is -0.361 e. The molecule has 6 nitrogen and oxygen atoms in total. The zero-order chi connectivity index (χ0) is 18.1. The molecule has 0 bridgehead atoms. The molecule has 24 heavy (non-hydrogen) atoms. The van der Waals surface area contributed by atoms with E-state index in [-0.39, 0.29) is 23.3 Å². The number of carbonyl (C=O) groups is 1. The Morgan fingerprint density at radius 2 is 1.83 bits per heavy atom. The molecule has 0 spiro atoms. The van der Waals surface area contributed by atoms with Crippen molar-refractivity contribution in [3.05, 3.63) is 46.8 Å². The molecule has 0 aliphatic rings. The van der Waals surface area contributed by atoms with Crippen LogP contribution in [0.5, 0.6) is 0 Å². The zero-order valence-electron chi connectivity index (χ0n) is 14.5. The maximum absolute atomic E-state index is 12.5. The highest BCUT2D eigenvalue weighted by Gasteiger charge is 2.21. The number of benzene rings is 1. The second-order valence-corrected chi connectivity index (χ2v) is 8.02. The number of aromatic nitrogens is 1. The van der Waals surface area contributed by atoms with Crippen molar-refractivity contribution in [2.75, 3.05) is 13.3 Å². The summed E-state index contributed by atoms with van der Waals surface area (Å²) in [4.78, 5) is 14.4. The van der Waals surface area contributed by atoms with Gasteiger partial charge in [0, 0.05) is 18.9 Å². The van der Waals surface area contributed by atoms with Gasteiger partial charge in [-0.05, 0) is 38.5 Å². The summed E-state index contributed by atoms with van der Waals surface area (Å²) in [5, 5.41) is 3.86. The summed E-state index contributed by atoms with van der Waals surface area (Å²) < 4.78 is 28.1. The van der Waals surface area contributed by atoms with Crippen LogP contribution in [-0.2, 0) is 21.1 Å². The number of likely N-dealkylation sites (N-methyl/N-ethyl adjacent to an activating group) is 1. The highest BCUT2D eigenvalue weighted by atomic mass is 32.2. The summed E-state index contributed by atoms with van der Waals surface area (Å²) in [6.45, 7) is 5.50. The second-order valence-electron chi connectivity index (χ2n) is 6.00. The number of hydrogen-bond acceptors (Lipinski definition) is 5. The molecule has 1 atom stereocenters. The molecule has 1 heterocycles. The third kappa shape index (κ3) is 3.84. The Labute approximate surface area is 142 Å². The van der Waals surface area contributed by atoms with E-state index >= 15 is 0 Å². The molecule has 1 unspecified atom stereocenters. The van der Waals surface area contributed by atoms with Gasteiger partial charge in [-0.2, -0.15) is 0 Å². The molecule has 0 fully saturated rings. The van der Waals surface area contributed by atoms with Gasteiger partial charge in [0.1, 0.15) is 5.76 Å². The second kappa shape index (κ2) is 6.76. The van der Waals surface area contributed by atoms with Crippen molar-refractivity contribution in [1.29, 1.82) is 0 Å². The molecule has 7 heteroatoms. The van der Waals surface area contributed by atoms with E-state index in [1.165, 1.54) is 6.26 Å². The lowest BCUT2D eigenvalue weighted by Crippen LogP contribution is -2.31. The lowest BCUT2D eigenvalue weighted by molar-refractivity contribution is -0.131. The monoisotopic (exact) mass is 350 g/mol. The largest absolute Gasteiger partial charge is 0.361 e. The lowest BCUT2D eigenvalue weighted by atomic mass is 10.1.